The summed E-state index contributed by atoms with van der Waals surface area (Å²) in [5.74, 6) is -0.731. The molecule has 14 heavy (non-hydrogen) atoms. The zero-order chi connectivity index (χ0) is 10.6. The van der Waals surface area contributed by atoms with Gasteiger partial charge in [-0.1, -0.05) is 0 Å². The van der Waals surface area contributed by atoms with Gasteiger partial charge in [0.1, 0.15) is 5.92 Å². The molecule has 1 rings (SSSR count). The van der Waals surface area contributed by atoms with E-state index < -0.39 is 5.92 Å². The quantitative estimate of drug-likeness (QED) is 0.727. The van der Waals surface area contributed by atoms with Crippen LogP contribution in [0.25, 0.3) is 0 Å². The number of carbonyl (C=O) groups excluding carboxylic acids is 1. The van der Waals surface area contributed by atoms with Gasteiger partial charge in [-0.3, -0.25) is 4.79 Å². The topological polar surface area (TPSA) is 62.1 Å². The Morgan fingerprint density at radius 2 is 2.36 bits per heavy atom. The summed E-state index contributed by atoms with van der Waals surface area (Å²) in [5, 5.41) is 11.4. The largest absolute Gasteiger partial charge is 0.381 e. The number of rotatable bonds is 3. The molecule has 4 heteroatoms. The number of carbonyl (C=O) groups is 1. The van der Waals surface area contributed by atoms with E-state index in [0.717, 1.165) is 19.3 Å². The third kappa shape index (κ3) is 2.71. The first kappa shape index (κ1) is 11.0. The molecule has 4 nitrogen and oxygen atoms in total. The monoisotopic (exact) mass is 196 g/mol. The molecule has 0 aromatic heterocycles. The van der Waals surface area contributed by atoms with Gasteiger partial charge in [0.2, 0.25) is 5.91 Å². The number of ether oxygens (including phenoxy) is 1. The predicted octanol–water partition coefficient (Wildman–Crippen LogP) is 0.830. The van der Waals surface area contributed by atoms with Crippen molar-refractivity contribution < 1.29 is 9.53 Å². The van der Waals surface area contributed by atoms with Gasteiger partial charge in [0.25, 0.3) is 0 Å². The van der Waals surface area contributed by atoms with Gasteiger partial charge in [0, 0.05) is 13.2 Å². The van der Waals surface area contributed by atoms with E-state index in [1.165, 1.54) is 0 Å². The minimum absolute atomic E-state index is 0.172. The molecule has 78 valence electrons. The molecule has 1 fully saturated rings. The summed E-state index contributed by atoms with van der Waals surface area (Å²) in [5.41, 5.74) is 0. The molecule has 0 radical (unpaired) electrons. The fraction of sp³-hybridized carbons (Fsp3) is 0.800. The Labute approximate surface area is 84.2 Å². The number of hydrogen-bond acceptors (Lipinski definition) is 3. The van der Waals surface area contributed by atoms with Gasteiger partial charge < -0.3 is 10.1 Å². The van der Waals surface area contributed by atoms with Crippen molar-refractivity contribution in [2.75, 3.05) is 7.11 Å². The highest BCUT2D eigenvalue weighted by atomic mass is 16.5. The van der Waals surface area contributed by atoms with Crippen LogP contribution in [0.5, 0.6) is 0 Å². The van der Waals surface area contributed by atoms with E-state index in [1.54, 1.807) is 14.0 Å². The smallest absolute Gasteiger partial charge is 0.237 e. The van der Waals surface area contributed by atoms with E-state index in [4.69, 9.17) is 10.00 Å². The fourth-order valence-corrected chi connectivity index (χ4v) is 1.67. The third-order valence-electron chi connectivity index (χ3n) is 2.65. The molecular formula is C10H16N2O2. The van der Waals surface area contributed by atoms with Crippen molar-refractivity contribution in [3.63, 3.8) is 0 Å². The normalized spacial score (nSPS) is 28.1. The molecule has 0 bridgehead atoms. The summed E-state index contributed by atoms with van der Waals surface area (Å²) >= 11 is 0. The van der Waals surface area contributed by atoms with Crippen molar-refractivity contribution >= 4 is 5.91 Å². The van der Waals surface area contributed by atoms with Crippen LogP contribution in [0.3, 0.4) is 0 Å². The Morgan fingerprint density at radius 3 is 2.86 bits per heavy atom. The number of methoxy groups -OCH3 is 1. The fourth-order valence-electron chi connectivity index (χ4n) is 1.67. The van der Waals surface area contributed by atoms with Crippen LogP contribution >= 0.6 is 0 Å². The number of nitrogens with one attached hydrogen (secondary N) is 1. The van der Waals surface area contributed by atoms with E-state index in [-0.39, 0.29) is 18.1 Å². The van der Waals surface area contributed by atoms with Crippen molar-refractivity contribution in [1.82, 2.24) is 5.32 Å². The van der Waals surface area contributed by atoms with Crippen LogP contribution in [-0.2, 0) is 9.53 Å². The van der Waals surface area contributed by atoms with Gasteiger partial charge in [-0.25, -0.2) is 0 Å². The lowest BCUT2D eigenvalue weighted by Crippen LogP contribution is -2.36. The van der Waals surface area contributed by atoms with Crippen molar-refractivity contribution in [3.8, 4) is 6.07 Å². The molecule has 1 amide bonds. The Bertz CT molecular complexity index is 247. The lowest BCUT2D eigenvalue weighted by atomic mass is 10.1. The lowest BCUT2D eigenvalue weighted by molar-refractivity contribution is -0.123. The Kier molecular flexibility index (Phi) is 3.90. The van der Waals surface area contributed by atoms with Crippen LogP contribution in [0.4, 0.5) is 0 Å². The number of hydrogen-bond donors (Lipinski definition) is 1. The molecule has 0 aromatic carbocycles. The minimum atomic E-state index is -0.559. The molecule has 3 unspecified atom stereocenters. The van der Waals surface area contributed by atoms with Crippen LogP contribution in [0.15, 0.2) is 0 Å². The van der Waals surface area contributed by atoms with Gasteiger partial charge in [-0.05, 0) is 26.2 Å². The average molecular weight is 196 g/mol. The van der Waals surface area contributed by atoms with E-state index in [1.807, 2.05) is 6.07 Å². The average Bonchev–Trinajstić information content (AvgIpc) is 2.64. The second kappa shape index (κ2) is 4.97. The summed E-state index contributed by atoms with van der Waals surface area (Å²) in [6, 6.07) is 2.10. The molecule has 1 aliphatic carbocycles. The zero-order valence-electron chi connectivity index (χ0n) is 8.62. The molecular weight excluding hydrogens is 180 g/mol. The van der Waals surface area contributed by atoms with Crippen LogP contribution in [-0.4, -0.2) is 25.2 Å². The molecule has 0 aromatic rings. The van der Waals surface area contributed by atoms with Gasteiger partial charge >= 0.3 is 0 Å². The van der Waals surface area contributed by atoms with E-state index >= 15 is 0 Å². The highest BCUT2D eigenvalue weighted by molar-refractivity contribution is 5.80. The number of nitrogens with zero attached hydrogens (tertiary/aromatic N) is 1. The maximum atomic E-state index is 11.4. The van der Waals surface area contributed by atoms with Gasteiger partial charge in [-0.2, -0.15) is 5.26 Å². The molecule has 1 saturated carbocycles. The lowest BCUT2D eigenvalue weighted by Gasteiger charge is -2.13. The standard InChI is InChI=1S/C10H16N2O2/c1-7(6-11)10(13)12-8-3-4-9(5-8)14-2/h7-9H,3-5H2,1-2H3,(H,12,13). The van der Waals surface area contributed by atoms with Crippen molar-refractivity contribution in [3.05, 3.63) is 0 Å². The Morgan fingerprint density at radius 1 is 1.64 bits per heavy atom. The number of nitriles is 1. The molecule has 3 atom stereocenters. The molecule has 0 saturated heterocycles. The first-order chi connectivity index (χ1) is 6.67. The van der Waals surface area contributed by atoms with E-state index in [9.17, 15) is 4.79 Å². The molecule has 0 spiro atoms. The Balaban J connectivity index is 2.33. The minimum Gasteiger partial charge on any atom is -0.381 e. The van der Waals surface area contributed by atoms with Crippen molar-refractivity contribution in [2.24, 2.45) is 5.92 Å². The molecule has 1 aliphatic rings. The summed E-state index contributed by atoms with van der Waals surface area (Å²) in [7, 11) is 1.69. The zero-order valence-corrected chi connectivity index (χ0v) is 8.62. The second-order valence-corrected chi connectivity index (χ2v) is 3.73. The number of amides is 1. The van der Waals surface area contributed by atoms with E-state index in [0.29, 0.717) is 0 Å². The van der Waals surface area contributed by atoms with Gasteiger partial charge in [-0.15, -0.1) is 0 Å². The first-order valence-corrected chi connectivity index (χ1v) is 4.90. The van der Waals surface area contributed by atoms with Crippen molar-refractivity contribution in [1.29, 1.82) is 5.26 Å². The highest BCUT2D eigenvalue weighted by Gasteiger charge is 2.26. The maximum absolute atomic E-state index is 11.4. The van der Waals surface area contributed by atoms with Crippen molar-refractivity contribution in [2.45, 2.75) is 38.3 Å². The summed E-state index contributed by atoms with van der Waals surface area (Å²) in [6.45, 7) is 1.61. The van der Waals surface area contributed by atoms with Crippen LogP contribution < -0.4 is 5.32 Å². The summed E-state index contributed by atoms with van der Waals surface area (Å²) in [4.78, 5) is 11.4. The van der Waals surface area contributed by atoms with Crippen LogP contribution in [0, 0.1) is 17.2 Å². The molecule has 0 aliphatic heterocycles. The maximum Gasteiger partial charge on any atom is 0.237 e. The van der Waals surface area contributed by atoms with Crippen LogP contribution in [0.2, 0.25) is 0 Å². The van der Waals surface area contributed by atoms with E-state index in [2.05, 4.69) is 5.32 Å². The highest BCUT2D eigenvalue weighted by Crippen LogP contribution is 2.21. The van der Waals surface area contributed by atoms with Gasteiger partial charge in [0.05, 0.1) is 12.2 Å². The third-order valence-corrected chi connectivity index (χ3v) is 2.65. The predicted molar refractivity (Wildman–Crippen MR) is 51.4 cm³/mol. The SMILES string of the molecule is COC1CCC(NC(=O)C(C)C#N)C1. The first-order valence-electron chi connectivity index (χ1n) is 4.90. The molecule has 1 N–H and O–H groups in total. The molecule has 0 heterocycles. The summed E-state index contributed by atoms with van der Waals surface area (Å²) in [6.07, 6.45) is 3.06. The Hall–Kier alpha value is -1.08. The second-order valence-electron chi connectivity index (χ2n) is 3.73. The van der Waals surface area contributed by atoms with Gasteiger partial charge in [0.15, 0.2) is 0 Å². The summed E-state index contributed by atoms with van der Waals surface area (Å²) < 4.78 is 5.19. The van der Waals surface area contributed by atoms with Crippen LogP contribution in [0.1, 0.15) is 26.2 Å².